The van der Waals surface area contributed by atoms with Gasteiger partial charge in [-0.2, -0.15) is 0 Å². The Labute approximate surface area is 123 Å². The predicted molar refractivity (Wildman–Crippen MR) is 79.5 cm³/mol. The molecule has 2 aromatic rings. The third-order valence-electron chi connectivity index (χ3n) is 2.99. The van der Waals surface area contributed by atoms with E-state index in [1.165, 1.54) is 7.11 Å². The van der Waals surface area contributed by atoms with Gasteiger partial charge in [0.2, 0.25) is 0 Å². The maximum absolute atomic E-state index is 11.7. The molecule has 21 heavy (non-hydrogen) atoms. The maximum Gasteiger partial charge on any atom is 0.341 e. The number of nitrogen functional groups attached to an aromatic ring is 1. The zero-order valence-corrected chi connectivity index (χ0v) is 12.0. The molecule has 110 valence electrons. The SMILES string of the molecule is COC(=O)c1cccc(N)c1OCc1ccc(OC)cc1. The van der Waals surface area contributed by atoms with E-state index in [1.807, 2.05) is 24.3 Å². The van der Waals surface area contributed by atoms with Gasteiger partial charge in [-0.3, -0.25) is 0 Å². The van der Waals surface area contributed by atoms with Crippen molar-refractivity contribution < 1.29 is 19.0 Å². The fraction of sp³-hybridized carbons (Fsp3) is 0.188. The van der Waals surface area contributed by atoms with Gasteiger partial charge in [0.1, 0.15) is 17.9 Å². The van der Waals surface area contributed by atoms with Crippen LogP contribution in [-0.2, 0) is 11.3 Å². The monoisotopic (exact) mass is 287 g/mol. The van der Waals surface area contributed by atoms with Crippen LogP contribution in [0.4, 0.5) is 5.69 Å². The molecule has 0 fully saturated rings. The van der Waals surface area contributed by atoms with Crippen LogP contribution >= 0.6 is 0 Å². The van der Waals surface area contributed by atoms with Gasteiger partial charge in [0, 0.05) is 0 Å². The summed E-state index contributed by atoms with van der Waals surface area (Å²) in [7, 11) is 2.93. The van der Waals surface area contributed by atoms with Gasteiger partial charge in [-0.1, -0.05) is 18.2 Å². The number of ether oxygens (including phenoxy) is 3. The highest BCUT2D eigenvalue weighted by Gasteiger charge is 2.15. The molecule has 0 heterocycles. The molecule has 0 bridgehead atoms. The van der Waals surface area contributed by atoms with E-state index in [0.29, 0.717) is 23.6 Å². The highest BCUT2D eigenvalue weighted by atomic mass is 16.5. The van der Waals surface area contributed by atoms with Crippen LogP contribution in [0, 0.1) is 0 Å². The van der Waals surface area contributed by atoms with E-state index in [-0.39, 0.29) is 0 Å². The lowest BCUT2D eigenvalue weighted by Crippen LogP contribution is -2.08. The summed E-state index contributed by atoms with van der Waals surface area (Å²) in [6.07, 6.45) is 0. The topological polar surface area (TPSA) is 70.8 Å². The first-order valence-corrected chi connectivity index (χ1v) is 6.38. The van der Waals surface area contributed by atoms with Crippen molar-refractivity contribution >= 4 is 11.7 Å². The molecule has 2 aromatic carbocycles. The number of para-hydroxylation sites is 1. The summed E-state index contributed by atoms with van der Waals surface area (Å²) in [5, 5.41) is 0. The van der Waals surface area contributed by atoms with E-state index < -0.39 is 5.97 Å². The quantitative estimate of drug-likeness (QED) is 0.676. The molecule has 0 aromatic heterocycles. The molecule has 0 aliphatic rings. The third kappa shape index (κ3) is 3.45. The van der Waals surface area contributed by atoms with E-state index in [4.69, 9.17) is 19.9 Å². The van der Waals surface area contributed by atoms with Crippen molar-refractivity contribution in [2.75, 3.05) is 20.0 Å². The van der Waals surface area contributed by atoms with Gasteiger partial charge >= 0.3 is 5.97 Å². The third-order valence-corrected chi connectivity index (χ3v) is 2.99. The summed E-state index contributed by atoms with van der Waals surface area (Å²) >= 11 is 0. The Kier molecular flexibility index (Phi) is 4.66. The average molecular weight is 287 g/mol. The maximum atomic E-state index is 11.7. The van der Waals surface area contributed by atoms with Crippen LogP contribution in [0.1, 0.15) is 15.9 Å². The van der Waals surface area contributed by atoms with Crippen LogP contribution in [0.25, 0.3) is 0 Å². The molecule has 0 amide bonds. The minimum Gasteiger partial charge on any atom is -0.497 e. The van der Waals surface area contributed by atoms with Crippen LogP contribution in [-0.4, -0.2) is 20.2 Å². The molecule has 2 rings (SSSR count). The van der Waals surface area contributed by atoms with Crippen molar-refractivity contribution in [3.05, 3.63) is 53.6 Å². The molecule has 0 spiro atoms. The molecule has 0 radical (unpaired) electrons. The second-order valence-corrected chi connectivity index (χ2v) is 4.35. The predicted octanol–water partition coefficient (Wildman–Crippen LogP) is 2.64. The fourth-order valence-corrected chi connectivity index (χ4v) is 1.86. The highest BCUT2D eigenvalue weighted by molar-refractivity contribution is 5.94. The number of esters is 1. The van der Waals surface area contributed by atoms with Gasteiger partial charge in [0.15, 0.2) is 5.75 Å². The molecule has 2 N–H and O–H groups in total. The van der Waals surface area contributed by atoms with Crippen LogP contribution in [0.15, 0.2) is 42.5 Å². The highest BCUT2D eigenvalue weighted by Crippen LogP contribution is 2.28. The normalized spacial score (nSPS) is 10.0. The van der Waals surface area contributed by atoms with Crippen molar-refractivity contribution in [3.63, 3.8) is 0 Å². The number of carbonyl (C=O) groups is 1. The van der Waals surface area contributed by atoms with E-state index in [0.717, 1.165) is 11.3 Å². The lowest BCUT2D eigenvalue weighted by Gasteiger charge is -2.12. The van der Waals surface area contributed by atoms with E-state index >= 15 is 0 Å². The summed E-state index contributed by atoms with van der Waals surface area (Å²) in [6, 6.07) is 12.4. The first-order chi connectivity index (χ1) is 10.2. The Hall–Kier alpha value is -2.69. The van der Waals surface area contributed by atoms with Crippen molar-refractivity contribution in [2.45, 2.75) is 6.61 Å². The Balaban J connectivity index is 2.17. The minimum absolute atomic E-state index is 0.294. The van der Waals surface area contributed by atoms with Crippen LogP contribution in [0.3, 0.4) is 0 Å². The zero-order chi connectivity index (χ0) is 15.2. The number of nitrogens with two attached hydrogens (primary N) is 1. The molecule has 0 unspecified atom stereocenters. The summed E-state index contributed by atoms with van der Waals surface area (Å²) in [6.45, 7) is 0.294. The van der Waals surface area contributed by atoms with Crippen molar-refractivity contribution in [1.82, 2.24) is 0 Å². The number of hydrogen-bond donors (Lipinski definition) is 1. The van der Waals surface area contributed by atoms with Crippen LogP contribution in [0.2, 0.25) is 0 Å². The Bertz CT molecular complexity index is 623. The van der Waals surface area contributed by atoms with E-state index in [1.54, 1.807) is 25.3 Å². The summed E-state index contributed by atoms with van der Waals surface area (Å²) in [4.78, 5) is 11.7. The van der Waals surface area contributed by atoms with Gasteiger partial charge in [-0.25, -0.2) is 4.79 Å². The van der Waals surface area contributed by atoms with Crippen LogP contribution < -0.4 is 15.2 Å². The summed E-state index contributed by atoms with van der Waals surface area (Å²) in [5.74, 6) is 0.625. The van der Waals surface area contributed by atoms with Gasteiger partial charge < -0.3 is 19.9 Å². The van der Waals surface area contributed by atoms with Crippen molar-refractivity contribution in [3.8, 4) is 11.5 Å². The van der Waals surface area contributed by atoms with E-state index in [9.17, 15) is 4.79 Å². The van der Waals surface area contributed by atoms with Gasteiger partial charge in [-0.05, 0) is 29.8 Å². The van der Waals surface area contributed by atoms with Crippen LogP contribution in [0.5, 0.6) is 11.5 Å². The molecule has 5 nitrogen and oxygen atoms in total. The molecular formula is C16H17NO4. The van der Waals surface area contributed by atoms with Crippen molar-refractivity contribution in [1.29, 1.82) is 0 Å². The molecular weight excluding hydrogens is 270 g/mol. The average Bonchev–Trinajstić information content (AvgIpc) is 2.53. The number of benzene rings is 2. The Morgan fingerprint density at radius 3 is 2.43 bits per heavy atom. The summed E-state index contributed by atoms with van der Waals surface area (Å²) in [5.41, 5.74) is 7.52. The first kappa shape index (κ1) is 14.7. The molecule has 5 heteroatoms. The lowest BCUT2D eigenvalue weighted by molar-refractivity contribution is 0.0595. The minimum atomic E-state index is -0.480. The zero-order valence-electron chi connectivity index (χ0n) is 12.0. The fourth-order valence-electron chi connectivity index (χ4n) is 1.86. The number of methoxy groups -OCH3 is 2. The number of anilines is 1. The Morgan fingerprint density at radius 1 is 1.10 bits per heavy atom. The van der Waals surface area contributed by atoms with Gasteiger partial charge in [0.05, 0.1) is 19.9 Å². The van der Waals surface area contributed by atoms with Gasteiger partial charge in [0.25, 0.3) is 0 Å². The largest absolute Gasteiger partial charge is 0.497 e. The second kappa shape index (κ2) is 6.65. The smallest absolute Gasteiger partial charge is 0.341 e. The molecule has 0 saturated heterocycles. The molecule has 0 aliphatic heterocycles. The number of hydrogen-bond acceptors (Lipinski definition) is 5. The van der Waals surface area contributed by atoms with Gasteiger partial charge in [-0.15, -0.1) is 0 Å². The molecule has 0 aliphatic carbocycles. The number of carbonyl (C=O) groups excluding carboxylic acids is 1. The molecule has 0 saturated carbocycles. The molecule has 0 atom stereocenters. The second-order valence-electron chi connectivity index (χ2n) is 4.35. The number of rotatable bonds is 5. The van der Waals surface area contributed by atoms with E-state index in [2.05, 4.69) is 0 Å². The lowest BCUT2D eigenvalue weighted by atomic mass is 10.1. The first-order valence-electron chi connectivity index (χ1n) is 6.38. The standard InChI is InChI=1S/C16H17NO4/c1-19-12-8-6-11(7-9-12)10-21-15-13(16(18)20-2)4-3-5-14(15)17/h3-9H,10,17H2,1-2H3. The summed E-state index contributed by atoms with van der Waals surface area (Å²) < 4.78 is 15.5. The van der Waals surface area contributed by atoms with Crippen molar-refractivity contribution in [2.24, 2.45) is 0 Å². The Morgan fingerprint density at radius 2 is 1.81 bits per heavy atom.